The lowest BCUT2D eigenvalue weighted by Crippen LogP contribution is -1.98. The lowest BCUT2D eigenvalue weighted by Gasteiger charge is -1.99. The summed E-state index contributed by atoms with van der Waals surface area (Å²) in [6.07, 6.45) is 5.27. The summed E-state index contributed by atoms with van der Waals surface area (Å²) in [7, 11) is 0. The second-order valence-corrected chi connectivity index (χ2v) is 8.27. The highest BCUT2D eigenvalue weighted by Gasteiger charge is 2.15. The van der Waals surface area contributed by atoms with Crippen LogP contribution in [0.25, 0.3) is 21.4 Å². The van der Waals surface area contributed by atoms with Crippen LogP contribution in [0.1, 0.15) is 16.1 Å². The standard InChI is InChI=1S/C20H15N5OS2.2ClH/c26-19-15(9-12-10-22-18-14(12)3-1-7-21-18)24-20(25-19)23-11-13-5-6-17(28-13)16-4-2-8-27-16;;/h1-10,26H,11H2,(H2,23,24,25);2*1H. The van der Waals surface area contributed by atoms with E-state index in [1.807, 2.05) is 18.2 Å². The van der Waals surface area contributed by atoms with Crippen molar-refractivity contribution < 1.29 is 5.11 Å². The molecule has 0 bridgehead atoms. The van der Waals surface area contributed by atoms with Crippen molar-refractivity contribution in [2.75, 3.05) is 5.32 Å². The van der Waals surface area contributed by atoms with Gasteiger partial charge < -0.3 is 15.4 Å². The Morgan fingerprint density at radius 1 is 1.10 bits per heavy atom. The molecule has 10 heteroatoms. The van der Waals surface area contributed by atoms with Gasteiger partial charge in [0.15, 0.2) is 5.82 Å². The molecule has 0 spiro atoms. The molecule has 0 saturated heterocycles. The Morgan fingerprint density at radius 3 is 2.83 bits per heavy atom. The van der Waals surface area contributed by atoms with Crippen molar-refractivity contribution in [3.8, 4) is 15.6 Å². The molecule has 4 aromatic heterocycles. The molecule has 154 valence electrons. The van der Waals surface area contributed by atoms with E-state index < -0.39 is 0 Å². The van der Waals surface area contributed by atoms with E-state index in [1.54, 1.807) is 35.1 Å². The fourth-order valence-electron chi connectivity index (χ4n) is 2.95. The number of anilines is 1. The number of halogens is 2. The van der Waals surface area contributed by atoms with Gasteiger partial charge in [-0.3, -0.25) is 0 Å². The molecule has 0 aromatic carbocycles. The predicted molar refractivity (Wildman–Crippen MR) is 130 cm³/mol. The zero-order valence-electron chi connectivity index (χ0n) is 15.4. The zero-order valence-corrected chi connectivity index (χ0v) is 18.7. The van der Waals surface area contributed by atoms with Crippen LogP contribution in [0.4, 0.5) is 11.8 Å². The van der Waals surface area contributed by atoms with Gasteiger partial charge in [-0.25, -0.2) is 9.98 Å². The number of nitrogens with one attached hydrogen (secondary N) is 2. The monoisotopic (exact) mass is 477 g/mol. The maximum atomic E-state index is 10.2. The molecule has 3 N–H and O–H groups in total. The number of rotatable bonds is 5. The van der Waals surface area contributed by atoms with Gasteiger partial charge in [0.1, 0.15) is 5.69 Å². The molecule has 5 heterocycles. The zero-order chi connectivity index (χ0) is 18.9. The van der Waals surface area contributed by atoms with Crippen LogP contribution in [-0.2, 0) is 6.54 Å². The third-order valence-electron chi connectivity index (χ3n) is 4.29. The highest BCUT2D eigenvalue weighted by molar-refractivity contribution is 7.21. The number of imidazole rings is 1. The van der Waals surface area contributed by atoms with E-state index in [0.29, 0.717) is 24.0 Å². The van der Waals surface area contributed by atoms with Crippen LogP contribution in [-0.4, -0.2) is 26.3 Å². The minimum Gasteiger partial charge on any atom is -0.492 e. The first-order valence-electron chi connectivity index (χ1n) is 8.63. The summed E-state index contributed by atoms with van der Waals surface area (Å²) in [5, 5.41) is 15.5. The third kappa shape index (κ3) is 4.41. The van der Waals surface area contributed by atoms with Crippen LogP contribution in [0.5, 0.6) is 5.88 Å². The minimum absolute atomic E-state index is 0. The number of aromatic nitrogens is 3. The number of thiophene rings is 2. The summed E-state index contributed by atoms with van der Waals surface area (Å²) in [4.78, 5) is 19.5. The molecule has 1 aliphatic heterocycles. The van der Waals surface area contributed by atoms with Gasteiger partial charge in [-0.1, -0.05) is 6.07 Å². The second kappa shape index (κ2) is 9.44. The van der Waals surface area contributed by atoms with Gasteiger partial charge in [-0.15, -0.1) is 47.5 Å². The third-order valence-corrected chi connectivity index (χ3v) is 6.44. The van der Waals surface area contributed by atoms with Crippen molar-refractivity contribution in [3.05, 3.63) is 64.1 Å². The highest BCUT2D eigenvalue weighted by Crippen LogP contribution is 2.33. The number of hydrogen-bond acceptors (Lipinski definition) is 7. The SMILES string of the molecule is Cl.Cl.Oc1nc(NCc2ccc(-c3cccs3)s2)[nH]c1C=C1C=Nc2ncccc21. The summed E-state index contributed by atoms with van der Waals surface area (Å²) in [5.74, 6) is 1.16. The lowest BCUT2D eigenvalue weighted by molar-refractivity contribution is 0.455. The Bertz CT molecular complexity index is 1200. The average molecular weight is 478 g/mol. The lowest BCUT2D eigenvalue weighted by atomic mass is 10.1. The number of pyridine rings is 1. The van der Waals surface area contributed by atoms with Crippen LogP contribution < -0.4 is 5.32 Å². The van der Waals surface area contributed by atoms with Crippen LogP contribution in [0.3, 0.4) is 0 Å². The minimum atomic E-state index is -0.0498. The van der Waals surface area contributed by atoms with Crippen molar-refractivity contribution in [1.29, 1.82) is 0 Å². The van der Waals surface area contributed by atoms with Crippen LogP contribution in [0.2, 0.25) is 0 Å². The number of allylic oxidation sites excluding steroid dienone is 1. The second-order valence-electron chi connectivity index (χ2n) is 6.15. The average Bonchev–Trinajstić information content (AvgIpc) is 3.49. The summed E-state index contributed by atoms with van der Waals surface area (Å²) in [5.41, 5.74) is 2.35. The molecular weight excluding hydrogens is 461 g/mol. The molecule has 0 radical (unpaired) electrons. The van der Waals surface area contributed by atoms with Gasteiger partial charge in [0.25, 0.3) is 0 Å². The van der Waals surface area contributed by atoms with Crippen LogP contribution in [0, 0.1) is 0 Å². The Hall–Kier alpha value is -2.65. The summed E-state index contributed by atoms with van der Waals surface area (Å²) in [6.45, 7) is 0.632. The summed E-state index contributed by atoms with van der Waals surface area (Å²) < 4.78 is 0. The Labute approximate surface area is 193 Å². The van der Waals surface area contributed by atoms with Crippen molar-refractivity contribution in [2.45, 2.75) is 6.54 Å². The van der Waals surface area contributed by atoms with Crippen molar-refractivity contribution in [1.82, 2.24) is 15.0 Å². The fourth-order valence-corrected chi connectivity index (χ4v) is 4.73. The van der Waals surface area contributed by atoms with Gasteiger partial charge in [0.2, 0.25) is 11.8 Å². The van der Waals surface area contributed by atoms with E-state index in [9.17, 15) is 5.11 Å². The van der Waals surface area contributed by atoms with Gasteiger partial charge >= 0.3 is 0 Å². The maximum Gasteiger partial charge on any atom is 0.238 e. The molecule has 30 heavy (non-hydrogen) atoms. The van der Waals surface area contributed by atoms with E-state index >= 15 is 0 Å². The first-order valence-corrected chi connectivity index (χ1v) is 10.3. The van der Waals surface area contributed by atoms with E-state index in [4.69, 9.17) is 0 Å². The van der Waals surface area contributed by atoms with Gasteiger partial charge in [0.05, 0.1) is 6.54 Å². The molecule has 0 aliphatic carbocycles. The van der Waals surface area contributed by atoms with Crippen molar-refractivity contribution in [2.24, 2.45) is 4.99 Å². The van der Waals surface area contributed by atoms with E-state index in [2.05, 4.69) is 54.9 Å². The van der Waals surface area contributed by atoms with Gasteiger partial charge in [0, 0.05) is 38.2 Å². The number of H-pyrrole nitrogens is 1. The molecule has 0 saturated carbocycles. The number of nitrogens with zero attached hydrogens (tertiary/aromatic N) is 3. The maximum absolute atomic E-state index is 10.2. The van der Waals surface area contributed by atoms with E-state index in [0.717, 1.165) is 11.1 Å². The molecule has 0 amide bonds. The van der Waals surface area contributed by atoms with Crippen LogP contribution >= 0.6 is 47.5 Å². The summed E-state index contributed by atoms with van der Waals surface area (Å²) >= 11 is 3.48. The first-order chi connectivity index (χ1) is 13.8. The van der Waals surface area contributed by atoms with Crippen LogP contribution in [0.15, 0.2) is 53.0 Å². The first kappa shape index (κ1) is 22.0. The predicted octanol–water partition coefficient (Wildman–Crippen LogP) is 6.01. The molecule has 0 unspecified atom stereocenters. The Kier molecular flexibility index (Phi) is 6.94. The van der Waals surface area contributed by atoms with Gasteiger partial charge in [-0.05, 0) is 41.8 Å². The molecule has 5 rings (SSSR count). The smallest absolute Gasteiger partial charge is 0.238 e. The van der Waals surface area contributed by atoms with Crippen molar-refractivity contribution >= 4 is 77.1 Å². The van der Waals surface area contributed by atoms with Crippen molar-refractivity contribution in [3.63, 3.8) is 0 Å². The number of aliphatic imine (C=N–C) groups is 1. The Balaban J connectivity index is 0.00000128. The number of fused-ring (bicyclic) bond motifs is 1. The number of aromatic hydroxyl groups is 1. The largest absolute Gasteiger partial charge is 0.492 e. The molecule has 4 aromatic rings. The van der Waals surface area contributed by atoms with E-state index in [1.165, 1.54) is 14.6 Å². The fraction of sp³-hybridized carbons (Fsp3) is 0.0500. The van der Waals surface area contributed by atoms with E-state index in [-0.39, 0.29) is 30.7 Å². The molecule has 0 atom stereocenters. The molecule has 0 fully saturated rings. The summed E-state index contributed by atoms with van der Waals surface area (Å²) in [6, 6.07) is 12.2. The normalized spacial score (nSPS) is 13.0. The Morgan fingerprint density at radius 2 is 2.00 bits per heavy atom. The highest BCUT2D eigenvalue weighted by atomic mass is 35.5. The quantitative estimate of drug-likeness (QED) is 0.328. The number of aromatic amines is 1. The molecule has 6 nitrogen and oxygen atoms in total. The van der Waals surface area contributed by atoms with Gasteiger partial charge in [-0.2, -0.15) is 4.98 Å². The molecular formula is C20H17Cl2N5OS2. The number of hydrogen-bond donors (Lipinski definition) is 3. The molecule has 1 aliphatic rings. The topological polar surface area (TPSA) is 86.2 Å².